The van der Waals surface area contributed by atoms with Crippen molar-refractivity contribution < 1.29 is 19.1 Å². The Balaban J connectivity index is 1.24. The highest BCUT2D eigenvalue weighted by molar-refractivity contribution is 6.04. The van der Waals surface area contributed by atoms with Crippen LogP contribution < -0.4 is 15.4 Å². The van der Waals surface area contributed by atoms with E-state index in [0.717, 1.165) is 27.3 Å². The zero-order chi connectivity index (χ0) is 22.5. The number of imide groups is 1. The van der Waals surface area contributed by atoms with Crippen LogP contribution in [0.5, 0.6) is 5.75 Å². The van der Waals surface area contributed by atoms with Crippen LogP contribution in [-0.2, 0) is 22.6 Å². The zero-order valence-corrected chi connectivity index (χ0v) is 17.8. The second-order valence-electron chi connectivity index (χ2n) is 7.58. The molecule has 1 unspecified atom stereocenters. The lowest BCUT2D eigenvalue weighted by molar-refractivity contribution is -0.128. The number of aromatic amines is 1. The van der Waals surface area contributed by atoms with Crippen molar-refractivity contribution in [1.29, 1.82) is 0 Å². The first-order valence-corrected chi connectivity index (χ1v) is 10.5. The van der Waals surface area contributed by atoms with Crippen molar-refractivity contribution >= 4 is 28.9 Å². The number of aromatic nitrogens is 2. The second kappa shape index (κ2) is 9.51. The van der Waals surface area contributed by atoms with Crippen LogP contribution in [-0.4, -0.2) is 52.4 Å². The van der Waals surface area contributed by atoms with E-state index in [0.29, 0.717) is 18.7 Å². The van der Waals surface area contributed by atoms with Gasteiger partial charge in [0.1, 0.15) is 17.6 Å². The number of nitrogens with zero attached hydrogens (tertiary/aromatic N) is 2. The number of rotatable bonds is 9. The number of H-pyrrole nitrogens is 1. The topological polar surface area (TPSA) is 116 Å². The van der Waals surface area contributed by atoms with Gasteiger partial charge in [0.15, 0.2) is 0 Å². The molecule has 4 rings (SSSR count). The minimum Gasteiger partial charge on any atom is -0.496 e. The third-order valence-electron chi connectivity index (χ3n) is 5.41. The molecule has 0 bridgehead atoms. The van der Waals surface area contributed by atoms with Crippen molar-refractivity contribution in [2.75, 3.05) is 13.7 Å². The van der Waals surface area contributed by atoms with Gasteiger partial charge < -0.3 is 20.4 Å². The van der Waals surface area contributed by atoms with E-state index in [4.69, 9.17) is 4.74 Å². The zero-order valence-electron chi connectivity index (χ0n) is 17.8. The molecular weight excluding hydrogens is 410 g/mol. The molecule has 1 aliphatic heterocycles. The van der Waals surface area contributed by atoms with Crippen LogP contribution in [0.15, 0.2) is 48.5 Å². The normalized spacial score (nSPS) is 15.8. The summed E-state index contributed by atoms with van der Waals surface area (Å²) in [6, 6.07) is 13.8. The third kappa shape index (κ3) is 4.72. The van der Waals surface area contributed by atoms with Crippen molar-refractivity contribution in [1.82, 2.24) is 25.5 Å². The lowest BCUT2D eigenvalue weighted by atomic mass is 10.1. The average Bonchev–Trinajstić information content (AvgIpc) is 3.33. The number of benzene rings is 2. The van der Waals surface area contributed by atoms with Crippen molar-refractivity contribution in [3.05, 3.63) is 59.9 Å². The van der Waals surface area contributed by atoms with Crippen LogP contribution in [0.4, 0.5) is 4.79 Å². The van der Waals surface area contributed by atoms with E-state index in [-0.39, 0.29) is 31.2 Å². The molecule has 1 atom stereocenters. The van der Waals surface area contributed by atoms with Gasteiger partial charge in [-0.25, -0.2) is 9.78 Å². The summed E-state index contributed by atoms with van der Waals surface area (Å²) in [7, 11) is 1.54. The molecule has 1 fully saturated rings. The van der Waals surface area contributed by atoms with E-state index in [1.807, 2.05) is 42.5 Å². The summed E-state index contributed by atoms with van der Waals surface area (Å²) in [5.74, 6) is 0.902. The number of carbonyl (C=O) groups is 3. The fourth-order valence-electron chi connectivity index (χ4n) is 3.73. The van der Waals surface area contributed by atoms with Gasteiger partial charge in [-0.15, -0.1) is 0 Å². The molecule has 166 valence electrons. The Morgan fingerprint density at radius 3 is 2.75 bits per heavy atom. The average molecular weight is 435 g/mol. The predicted molar refractivity (Wildman–Crippen MR) is 118 cm³/mol. The van der Waals surface area contributed by atoms with E-state index in [9.17, 15) is 14.4 Å². The molecule has 4 amide bonds. The Labute approximate surface area is 185 Å². The van der Waals surface area contributed by atoms with Crippen molar-refractivity contribution in [2.24, 2.45) is 0 Å². The molecule has 1 aromatic heterocycles. The first-order chi connectivity index (χ1) is 15.5. The van der Waals surface area contributed by atoms with E-state index in [1.54, 1.807) is 13.2 Å². The van der Waals surface area contributed by atoms with Crippen molar-refractivity contribution in [3.63, 3.8) is 0 Å². The smallest absolute Gasteiger partial charge is 0.325 e. The van der Waals surface area contributed by atoms with Crippen LogP contribution in [0.25, 0.3) is 11.0 Å². The first-order valence-electron chi connectivity index (χ1n) is 10.5. The minimum absolute atomic E-state index is 0.120. The number of nitrogens with one attached hydrogen (secondary N) is 3. The highest BCUT2D eigenvalue weighted by Gasteiger charge is 2.38. The standard InChI is InChI=1S/C23H25N5O4/c1-32-19-9-5-2-6-15(19)14-28-22(30)18(27-23(28)31)10-11-21(29)24-13-12-20-25-16-7-3-4-8-17(16)26-20/h2-9,18H,10-14H2,1H3,(H,24,29)(H,25,26)(H,27,31). The van der Waals surface area contributed by atoms with Crippen molar-refractivity contribution in [2.45, 2.75) is 31.8 Å². The number of methoxy groups -OCH3 is 1. The molecule has 2 aromatic carbocycles. The molecule has 9 nitrogen and oxygen atoms in total. The highest BCUT2D eigenvalue weighted by Crippen LogP contribution is 2.22. The Morgan fingerprint density at radius 2 is 1.94 bits per heavy atom. The van der Waals surface area contributed by atoms with Gasteiger partial charge in [0, 0.05) is 24.9 Å². The van der Waals surface area contributed by atoms with E-state index < -0.39 is 12.1 Å². The molecule has 32 heavy (non-hydrogen) atoms. The van der Waals surface area contributed by atoms with Crippen LogP contribution in [0.2, 0.25) is 0 Å². The number of carbonyl (C=O) groups excluding carboxylic acids is 3. The van der Waals surface area contributed by atoms with Gasteiger partial charge >= 0.3 is 6.03 Å². The summed E-state index contributed by atoms with van der Waals surface area (Å²) in [6.07, 6.45) is 0.953. The maximum absolute atomic E-state index is 12.7. The molecule has 1 aliphatic rings. The number of para-hydroxylation sites is 3. The maximum Gasteiger partial charge on any atom is 0.325 e. The number of amides is 4. The SMILES string of the molecule is COc1ccccc1CN1C(=O)NC(CCC(=O)NCCc2nc3ccccc3[nH]2)C1=O. The van der Waals surface area contributed by atoms with Crippen LogP contribution in [0, 0.1) is 0 Å². The minimum atomic E-state index is -0.710. The first kappa shape index (κ1) is 21.4. The van der Waals surface area contributed by atoms with E-state index >= 15 is 0 Å². The predicted octanol–water partition coefficient (Wildman–Crippen LogP) is 2.13. The number of imidazole rings is 1. The summed E-state index contributed by atoms with van der Waals surface area (Å²) in [5.41, 5.74) is 2.59. The molecule has 0 radical (unpaired) electrons. The van der Waals surface area contributed by atoms with Gasteiger partial charge in [-0.05, 0) is 24.6 Å². The van der Waals surface area contributed by atoms with Gasteiger partial charge in [-0.3, -0.25) is 14.5 Å². The number of hydrogen-bond acceptors (Lipinski definition) is 5. The van der Waals surface area contributed by atoms with Crippen LogP contribution in [0.1, 0.15) is 24.2 Å². The molecule has 0 saturated carbocycles. The lowest BCUT2D eigenvalue weighted by Crippen LogP contribution is -2.33. The Hall–Kier alpha value is -3.88. The number of ether oxygens (including phenoxy) is 1. The Kier molecular flexibility index (Phi) is 6.34. The molecule has 1 saturated heterocycles. The largest absolute Gasteiger partial charge is 0.496 e. The highest BCUT2D eigenvalue weighted by atomic mass is 16.5. The molecule has 9 heteroatoms. The van der Waals surface area contributed by atoms with Gasteiger partial charge in [0.25, 0.3) is 5.91 Å². The Morgan fingerprint density at radius 1 is 1.16 bits per heavy atom. The number of urea groups is 1. The van der Waals surface area contributed by atoms with Crippen LogP contribution in [0.3, 0.4) is 0 Å². The van der Waals surface area contributed by atoms with Crippen LogP contribution >= 0.6 is 0 Å². The molecule has 3 N–H and O–H groups in total. The van der Waals surface area contributed by atoms with E-state index in [2.05, 4.69) is 20.6 Å². The molecule has 2 heterocycles. The summed E-state index contributed by atoms with van der Waals surface area (Å²) >= 11 is 0. The third-order valence-corrected chi connectivity index (χ3v) is 5.41. The molecular formula is C23H25N5O4. The molecule has 3 aromatic rings. The van der Waals surface area contributed by atoms with Gasteiger partial charge in [-0.2, -0.15) is 0 Å². The maximum atomic E-state index is 12.7. The van der Waals surface area contributed by atoms with Gasteiger partial charge in [0.2, 0.25) is 5.91 Å². The monoisotopic (exact) mass is 435 g/mol. The molecule has 0 spiro atoms. The summed E-state index contributed by atoms with van der Waals surface area (Å²) < 4.78 is 5.29. The summed E-state index contributed by atoms with van der Waals surface area (Å²) in [6.45, 7) is 0.554. The Bertz CT molecular complexity index is 1110. The number of fused-ring (bicyclic) bond motifs is 1. The number of hydrogen-bond donors (Lipinski definition) is 3. The summed E-state index contributed by atoms with van der Waals surface area (Å²) in [4.78, 5) is 46.0. The second-order valence-corrected chi connectivity index (χ2v) is 7.58. The molecule has 0 aliphatic carbocycles. The fourth-order valence-corrected chi connectivity index (χ4v) is 3.73. The lowest BCUT2D eigenvalue weighted by Gasteiger charge is -2.15. The van der Waals surface area contributed by atoms with E-state index in [1.165, 1.54) is 0 Å². The fraction of sp³-hybridized carbons (Fsp3) is 0.304. The van der Waals surface area contributed by atoms with Crippen molar-refractivity contribution in [3.8, 4) is 5.75 Å². The van der Waals surface area contributed by atoms with Gasteiger partial charge in [-0.1, -0.05) is 30.3 Å². The quantitative estimate of drug-likeness (QED) is 0.445. The van der Waals surface area contributed by atoms with Gasteiger partial charge in [0.05, 0.1) is 24.7 Å². The summed E-state index contributed by atoms with van der Waals surface area (Å²) in [5, 5.41) is 5.50.